The highest BCUT2D eigenvalue weighted by atomic mass is 16.5. The van der Waals surface area contributed by atoms with Crippen molar-refractivity contribution in [3.05, 3.63) is 47.3 Å². The third-order valence-electron chi connectivity index (χ3n) is 6.14. The smallest absolute Gasteiger partial charge is 0.226 e. The standard InChI is InChI=1S/C22H29N3O3/c1-16-21(17(2)25(23-16)18-8-4-3-5-9-18)19-15-28-13-12-24(19)20(26)14-22(27)10-6-7-11-22/h3-5,8-9,19,27H,6-7,10-15H2,1-2H3. The first-order chi connectivity index (χ1) is 13.5. The predicted octanol–water partition coefficient (Wildman–Crippen LogP) is 3.08. The average Bonchev–Trinajstić information content (AvgIpc) is 3.25. The van der Waals surface area contributed by atoms with Crippen LogP contribution in [0.15, 0.2) is 30.3 Å². The quantitative estimate of drug-likeness (QED) is 0.881. The van der Waals surface area contributed by atoms with Gasteiger partial charge in [-0.15, -0.1) is 0 Å². The monoisotopic (exact) mass is 383 g/mol. The van der Waals surface area contributed by atoms with Crippen LogP contribution in [0.3, 0.4) is 0 Å². The summed E-state index contributed by atoms with van der Waals surface area (Å²) in [5.41, 5.74) is 3.16. The Morgan fingerprint density at radius 3 is 2.68 bits per heavy atom. The molecule has 1 aromatic carbocycles. The fourth-order valence-corrected chi connectivity index (χ4v) is 4.69. The van der Waals surface area contributed by atoms with Crippen molar-refractivity contribution in [3.63, 3.8) is 0 Å². The molecule has 2 fully saturated rings. The predicted molar refractivity (Wildman–Crippen MR) is 106 cm³/mol. The third-order valence-corrected chi connectivity index (χ3v) is 6.14. The molecule has 1 N–H and O–H groups in total. The number of ether oxygens (including phenoxy) is 1. The molecule has 2 aromatic rings. The Hall–Kier alpha value is -2.18. The second-order valence-electron chi connectivity index (χ2n) is 8.12. The molecular weight excluding hydrogens is 354 g/mol. The van der Waals surface area contributed by atoms with Crippen LogP contribution in [0.25, 0.3) is 5.69 Å². The summed E-state index contributed by atoms with van der Waals surface area (Å²) in [6.07, 6.45) is 3.64. The number of hydrogen-bond donors (Lipinski definition) is 1. The molecule has 0 bridgehead atoms. The minimum atomic E-state index is -0.835. The first kappa shape index (κ1) is 19.2. The summed E-state index contributed by atoms with van der Waals surface area (Å²) in [6.45, 7) is 5.58. The lowest BCUT2D eigenvalue weighted by atomic mass is 9.95. The Balaban J connectivity index is 1.63. The van der Waals surface area contributed by atoms with E-state index in [2.05, 4.69) is 0 Å². The number of carbonyl (C=O) groups is 1. The van der Waals surface area contributed by atoms with E-state index in [4.69, 9.17) is 9.84 Å². The van der Waals surface area contributed by atoms with Gasteiger partial charge in [0.05, 0.1) is 42.7 Å². The highest BCUT2D eigenvalue weighted by Gasteiger charge is 2.38. The van der Waals surface area contributed by atoms with Crippen LogP contribution in [0.4, 0.5) is 0 Å². The van der Waals surface area contributed by atoms with Gasteiger partial charge in [-0.25, -0.2) is 4.68 Å². The van der Waals surface area contributed by atoms with Gasteiger partial charge >= 0.3 is 0 Å². The lowest BCUT2D eigenvalue weighted by molar-refractivity contribution is -0.145. The zero-order chi connectivity index (χ0) is 19.7. The number of amides is 1. The normalized spacial score (nSPS) is 21.8. The van der Waals surface area contributed by atoms with Crippen molar-refractivity contribution in [1.82, 2.24) is 14.7 Å². The van der Waals surface area contributed by atoms with Crippen molar-refractivity contribution in [1.29, 1.82) is 0 Å². The number of para-hydroxylation sites is 1. The number of nitrogens with zero attached hydrogens (tertiary/aromatic N) is 3. The lowest BCUT2D eigenvalue weighted by Crippen LogP contribution is -2.46. The molecule has 150 valence electrons. The topological polar surface area (TPSA) is 67.6 Å². The number of benzene rings is 1. The highest BCUT2D eigenvalue weighted by molar-refractivity contribution is 5.78. The van der Waals surface area contributed by atoms with Crippen LogP contribution in [-0.2, 0) is 9.53 Å². The number of aliphatic hydroxyl groups is 1. The van der Waals surface area contributed by atoms with E-state index in [0.717, 1.165) is 48.3 Å². The van der Waals surface area contributed by atoms with Gasteiger partial charge < -0.3 is 14.7 Å². The van der Waals surface area contributed by atoms with Crippen LogP contribution in [0.5, 0.6) is 0 Å². The summed E-state index contributed by atoms with van der Waals surface area (Å²) in [6, 6.07) is 9.86. The van der Waals surface area contributed by atoms with Crippen molar-refractivity contribution in [2.75, 3.05) is 19.8 Å². The van der Waals surface area contributed by atoms with E-state index in [-0.39, 0.29) is 18.4 Å². The Labute approximate surface area is 166 Å². The van der Waals surface area contributed by atoms with Gasteiger partial charge in [0.1, 0.15) is 0 Å². The molecule has 28 heavy (non-hydrogen) atoms. The molecule has 1 saturated carbocycles. The van der Waals surface area contributed by atoms with Crippen molar-refractivity contribution < 1.29 is 14.6 Å². The van der Waals surface area contributed by atoms with Gasteiger partial charge in [0, 0.05) is 17.8 Å². The Morgan fingerprint density at radius 1 is 1.25 bits per heavy atom. The number of carbonyl (C=O) groups excluding carboxylic acids is 1. The van der Waals surface area contributed by atoms with Crippen LogP contribution in [0.1, 0.15) is 55.1 Å². The Morgan fingerprint density at radius 2 is 1.96 bits per heavy atom. The summed E-state index contributed by atoms with van der Waals surface area (Å²) in [4.78, 5) is 15.0. The number of rotatable bonds is 4. The van der Waals surface area contributed by atoms with Gasteiger partial charge in [-0.2, -0.15) is 5.10 Å². The molecule has 2 heterocycles. The fraction of sp³-hybridized carbons (Fsp3) is 0.545. The van der Waals surface area contributed by atoms with Gasteiger partial charge in [0.2, 0.25) is 5.91 Å². The molecule has 1 atom stereocenters. The van der Waals surface area contributed by atoms with Crippen LogP contribution in [0, 0.1) is 13.8 Å². The molecule has 1 unspecified atom stereocenters. The molecule has 1 aliphatic carbocycles. The van der Waals surface area contributed by atoms with Crippen molar-refractivity contribution in [2.24, 2.45) is 0 Å². The van der Waals surface area contributed by atoms with E-state index in [1.165, 1.54) is 0 Å². The Kier molecular flexibility index (Phi) is 5.25. The van der Waals surface area contributed by atoms with E-state index >= 15 is 0 Å². The zero-order valence-corrected chi connectivity index (χ0v) is 16.7. The van der Waals surface area contributed by atoms with Gasteiger partial charge in [-0.1, -0.05) is 31.0 Å². The molecule has 0 radical (unpaired) electrons. The minimum Gasteiger partial charge on any atom is -0.389 e. The molecule has 6 heteroatoms. The molecular formula is C22H29N3O3. The third kappa shape index (κ3) is 3.59. The first-order valence-corrected chi connectivity index (χ1v) is 10.2. The summed E-state index contributed by atoms with van der Waals surface area (Å²) < 4.78 is 7.68. The molecule has 0 spiro atoms. The highest BCUT2D eigenvalue weighted by Crippen LogP contribution is 2.36. The zero-order valence-electron chi connectivity index (χ0n) is 16.7. The van der Waals surface area contributed by atoms with Gasteiger partial charge in [-0.3, -0.25) is 4.79 Å². The van der Waals surface area contributed by atoms with Crippen LogP contribution >= 0.6 is 0 Å². The Bertz CT molecular complexity index is 840. The number of hydrogen-bond acceptors (Lipinski definition) is 4. The van der Waals surface area contributed by atoms with Crippen LogP contribution in [0.2, 0.25) is 0 Å². The number of morpholine rings is 1. The van der Waals surface area contributed by atoms with E-state index in [0.29, 0.717) is 19.8 Å². The average molecular weight is 383 g/mol. The van der Waals surface area contributed by atoms with Crippen molar-refractivity contribution >= 4 is 5.91 Å². The summed E-state index contributed by atoms with van der Waals surface area (Å²) in [5, 5.41) is 15.5. The van der Waals surface area contributed by atoms with Crippen molar-refractivity contribution in [2.45, 2.75) is 57.6 Å². The summed E-state index contributed by atoms with van der Waals surface area (Å²) in [7, 11) is 0. The summed E-state index contributed by atoms with van der Waals surface area (Å²) >= 11 is 0. The second kappa shape index (κ2) is 7.68. The molecule has 6 nitrogen and oxygen atoms in total. The molecule has 1 aromatic heterocycles. The number of aryl methyl sites for hydroxylation is 1. The molecule has 4 rings (SSSR count). The maximum atomic E-state index is 13.1. The first-order valence-electron chi connectivity index (χ1n) is 10.2. The SMILES string of the molecule is Cc1nn(-c2ccccc2)c(C)c1C1COCCN1C(=O)CC1(O)CCCC1. The maximum Gasteiger partial charge on any atom is 0.226 e. The second-order valence-corrected chi connectivity index (χ2v) is 8.12. The molecule has 1 aliphatic heterocycles. The fourth-order valence-electron chi connectivity index (χ4n) is 4.69. The van der Waals surface area contributed by atoms with E-state index < -0.39 is 5.60 Å². The maximum absolute atomic E-state index is 13.1. The lowest BCUT2D eigenvalue weighted by Gasteiger charge is -2.37. The molecule has 1 amide bonds. The number of aromatic nitrogens is 2. The summed E-state index contributed by atoms with van der Waals surface area (Å²) in [5.74, 6) is 0.0176. The largest absolute Gasteiger partial charge is 0.389 e. The van der Waals surface area contributed by atoms with E-state index in [1.54, 1.807) is 0 Å². The van der Waals surface area contributed by atoms with E-state index in [1.807, 2.05) is 53.8 Å². The molecule has 1 saturated heterocycles. The van der Waals surface area contributed by atoms with E-state index in [9.17, 15) is 9.90 Å². The molecule has 2 aliphatic rings. The van der Waals surface area contributed by atoms with Crippen molar-refractivity contribution in [3.8, 4) is 5.69 Å². The van der Waals surface area contributed by atoms with Gasteiger partial charge in [0.15, 0.2) is 0 Å². The van der Waals surface area contributed by atoms with Gasteiger partial charge in [0.25, 0.3) is 0 Å². The van der Waals surface area contributed by atoms with Gasteiger partial charge in [-0.05, 0) is 38.8 Å². The van der Waals surface area contributed by atoms with Crippen LogP contribution in [-0.4, -0.2) is 51.1 Å². The minimum absolute atomic E-state index is 0.0176. The van der Waals surface area contributed by atoms with Crippen LogP contribution < -0.4 is 0 Å².